The maximum atomic E-state index is 13.6. The summed E-state index contributed by atoms with van der Waals surface area (Å²) < 4.78 is 44.2. The lowest BCUT2D eigenvalue weighted by Crippen LogP contribution is -2.37. The number of oxazole rings is 2. The Balaban J connectivity index is 1.90. The van der Waals surface area contributed by atoms with Crippen LogP contribution in [-0.2, 0) is 9.53 Å². The second kappa shape index (κ2) is 7.59. The van der Waals surface area contributed by atoms with Gasteiger partial charge in [-0.3, -0.25) is 0 Å². The van der Waals surface area contributed by atoms with Gasteiger partial charge in [-0.15, -0.1) is 0 Å². The lowest BCUT2D eigenvalue weighted by Gasteiger charge is -2.21. The van der Waals surface area contributed by atoms with Crippen LogP contribution in [0.1, 0.15) is 22.7 Å². The molecule has 0 fully saturated rings. The monoisotopic (exact) mass is 451 g/mol. The molecule has 0 spiro atoms. The fraction of sp³-hybridized carbons (Fsp3) is 0.0870. The van der Waals surface area contributed by atoms with Gasteiger partial charge in [-0.2, -0.15) is 4.98 Å². The molecule has 5 rings (SSSR count). The van der Waals surface area contributed by atoms with E-state index in [9.17, 15) is 18.4 Å². The third-order valence-electron chi connectivity index (χ3n) is 5.27. The van der Waals surface area contributed by atoms with Gasteiger partial charge in [-0.05, 0) is 41.5 Å². The predicted molar refractivity (Wildman–Crippen MR) is 112 cm³/mol. The number of hydrogen-bond donors (Lipinski definition) is 1. The molecule has 1 unspecified atom stereocenters. The number of ether oxygens (including phenoxy) is 1. The number of carbonyl (C=O) groups is 1. The Bertz CT molecular complexity index is 1560. The summed E-state index contributed by atoms with van der Waals surface area (Å²) >= 11 is 0. The molecule has 0 aliphatic carbocycles. The summed E-state index contributed by atoms with van der Waals surface area (Å²) in [4.78, 5) is 29.9. The number of fused-ring (bicyclic) bond motifs is 3. The quantitative estimate of drug-likeness (QED) is 0.471. The fourth-order valence-electron chi connectivity index (χ4n) is 3.85. The Labute approximate surface area is 183 Å². The van der Waals surface area contributed by atoms with E-state index in [4.69, 9.17) is 19.3 Å². The van der Waals surface area contributed by atoms with Crippen LogP contribution in [0, 0.1) is 11.6 Å². The van der Waals surface area contributed by atoms with Gasteiger partial charge in [0.15, 0.2) is 0 Å². The van der Waals surface area contributed by atoms with Gasteiger partial charge in [-0.1, -0.05) is 24.3 Å². The van der Waals surface area contributed by atoms with Crippen molar-refractivity contribution in [3.05, 3.63) is 98.3 Å². The highest BCUT2D eigenvalue weighted by molar-refractivity contribution is 6.12. The van der Waals surface area contributed by atoms with Gasteiger partial charge in [0.25, 0.3) is 6.01 Å². The first-order valence-corrected chi connectivity index (χ1v) is 9.71. The van der Waals surface area contributed by atoms with Crippen LogP contribution in [0.2, 0.25) is 0 Å². The topological polar surface area (TPSA) is 113 Å². The standard InChI is InChI=1S/C23H15F2N3O5/c1-31-22(30)17-16(12-4-8-14(25)9-5-12)18-20(33-23(26)27-18)28-15(21(29)32-19(17)28)10-11-2-6-13(24)7-3-11/h2-10,16H,1H3,(H2,26,27)/b15-10+. The minimum Gasteiger partial charge on any atom is -0.465 e. The molecule has 10 heteroatoms. The number of anilines is 1. The molecular weight excluding hydrogens is 436 g/mol. The molecule has 166 valence electrons. The second-order valence-electron chi connectivity index (χ2n) is 7.24. The summed E-state index contributed by atoms with van der Waals surface area (Å²) in [7, 11) is 1.18. The third-order valence-corrected chi connectivity index (χ3v) is 5.27. The molecule has 0 saturated heterocycles. The SMILES string of the molecule is COC(=O)C1=c2oc(=O)/c(=C\c3ccc(F)cc3)n2-c2oc(N)nc2C1c1ccc(F)cc1. The molecule has 0 bridgehead atoms. The molecule has 2 N–H and O–H groups in total. The van der Waals surface area contributed by atoms with Gasteiger partial charge in [0.2, 0.25) is 11.4 Å². The zero-order valence-electron chi connectivity index (χ0n) is 17.0. The van der Waals surface area contributed by atoms with Crippen molar-refractivity contribution in [3.8, 4) is 5.88 Å². The first kappa shape index (κ1) is 20.4. The Morgan fingerprint density at radius 2 is 1.73 bits per heavy atom. The van der Waals surface area contributed by atoms with Crippen LogP contribution in [0.3, 0.4) is 0 Å². The van der Waals surface area contributed by atoms with Crippen LogP contribution >= 0.6 is 0 Å². The zero-order chi connectivity index (χ0) is 23.3. The minimum absolute atomic E-state index is 0.00651. The van der Waals surface area contributed by atoms with E-state index in [0.29, 0.717) is 11.1 Å². The number of nitrogens with two attached hydrogens (primary N) is 1. The maximum absolute atomic E-state index is 13.6. The average molecular weight is 451 g/mol. The fourth-order valence-corrected chi connectivity index (χ4v) is 3.85. The van der Waals surface area contributed by atoms with Crippen molar-refractivity contribution in [1.82, 2.24) is 9.55 Å². The summed E-state index contributed by atoms with van der Waals surface area (Å²) in [5.74, 6) is -2.54. The predicted octanol–water partition coefficient (Wildman–Crippen LogP) is 1.58. The number of aromatic nitrogens is 2. The molecule has 8 nitrogen and oxygen atoms in total. The smallest absolute Gasteiger partial charge is 0.362 e. The molecule has 0 radical (unpaired) electrons. The van der Waals surface area contributed by atoms with E-state index in [0.717, 1.165) is 0 Å². The summed E-state index contributed by atoms with van der Waals surface area (Å²) in [6.07, 6.45) is 1.45. The van der Waals surface area contributed by atoms with Gasteiger partial charge in [0.1, 0.15) is 28.3 Å². The van der Waals surface area contributed by atoms with Crippen molar-refractivity contribution < 1.29 is 27.1 Å². The summed E-state index contributed by atoms with van der Waals surface area (Å²) in [6, 6.07) is 10.6. The number of benzene rings is 2. The van der Waals surface area contributed by atoms with Gasteiger partial charge in [-0.25, -0.2) is 22.9 Å². The van der Waals surface area contributed by atoms with Gasteiger partial charge in [0, 0.05) is 0 Å². The summed E-state index contributed by atoms with van der Waals surface area (Å²) in [5, 5.41) is -0.00651. The van der Waals surface area contributed by atoms with Crippen LogP contribution in [0.15, 0.2) is 62.2 Å². The minimum atomic E-state index is -0.904. The molecule has 1 aliphatic heterocycles. The number of rotatable bonds is 3. The van der Waals surface area contributed by atoms with E-state index in [-0.39, 0.29) is 34.1 Å². The zero-order valence-corrected chi connectivity index (χ0v) is 17.0. The Morgan fingerprint density at radius 1 is 1.09 bits per heavy atom. The van der Waals surface area contributed by atoms with Crippen molar-refractivity contribution in [3.63, 3.8) is 0 Å². The maximum Gasteiger partial charge on any atom is 0.362 e. The number of carbonyl (C=O) groups excluding carboxylic acids is 1. The van der Waals surface area contributed by atoms with E-state index in [1.165, 1.54) is 66.3 Å². The number of halogens is 2. The highest BCUT2D eigenvalue weighted by Crippen LogP contribution is 2.38. The lowest BCUT2D eigenvalue weighted by atomic mass is 9.87. The Hall–Kier alpha value is -4.47. The highest BCUT2D eigenvalue weighted by atomic mass is 19.1. The van der Waals surface area contributed by atoms with E-state index < -0.39 is 29.1 Å². The van der Waals surface area contributed by atoms with Gasteiger partial charge >= 0.3 is 11.6 Å². The third kappa shape index (κ3) is 3.32. The highest BCUT2D eigenvalue weighted by Gasteiger charge is 2.39. The molecular formula is C23H15F2N3O5. The van der Waals surface area contributed by atoms with Crippen LogP contribution < -0.4 is 22.3 Å². The molecule has 0 saturated carbocycles. The van der Waals surface area contributed by atoms with E-state index >= 15 is 0 Å². The molecule has 1 atom stereocenters. The Morgan fingerprint density at radius 3 is 2.36 bits per heavy atom. The van der Waals surface area contributed by atoms with E-state index in [1.54, 1.807) is 0 Å². The molecule has 0 amide bonds. The molecule has 2 aromatic heterocycles. The lowest BCUT2D eigenvalue weighted by molar-refractivity contribution is -0.134. The first-order chi connectivity index (χ1) is 15.9. The van der Waals surface area contributed by atoms with Gasteiger partial charge < -0.3 is 19.3 Å². The average Bonchev–Trinajstić information content (AvgIpc) is 3.33. The number of nitrogens with zero attached hydrogens (tertiary/aromatic N) is 2. The second-order valence-corrected chi connectivity index (χ2v) is 7.24. The largest absolute Gasteiger partial charge is 0.465 e. The normalized spacial score (nSPS) is 15.3. The van der Waals surface area contributed by atoms with Crippen LogP contribution in [-0.4, -0.2) is 22.6 Å². The molecule has 33 heavy (non-hydrogen) atoms. The number of methoxy groups -OCH3 is 1. The molecule has 3 heterocycles. The molecule has 1 aliphatic rings. The summed E-state index contributed by atoms with van der Waals surface area (Å²) in [5.41, 5.74) is 6.05. The van der Waals surface area contributed by atoms with Crippen molar-refractivity contribution in [2.24, 2.45) is 0 Å². The number of nitrogen functional groups attached to an aromatic ring is 1. The number of esters is 1. The molecule has 4 aromatic rings. The first-order valence-electron chi connectivity index (χ1n) is 9.71. The van der Waals surface area contributed by atoms with Gasteiger partial charge in [0.05, 0.1) is 13.0 Å². The van der Waals surface area contributed by atoms with Crippen molar-refractivity contribution in [2.75, 3.05) is 12.8 Å². The van der Waals surface area contributed by atoms with Crippen molar-refractivity contribution >= 4 is 23.6 Å². The van der Waals surface area contributed by atoms with Crippen molar-refractivity contribution in [2.45, 2.75) is 5.92 Å². The van der Waals surface area contributed by atoms with Crippen LogP contribution in [0.5, 0.6) is 0 Å². The van der Waals surface area contributed by atoms with E-state index in [1.807, 2.05) is 0 Å². The van der Waals surface area contributed by atoms with Crippen LogP contribution in [0.4, 0.5) is 14.8 Å². The van der Waals surface area contributed by atoms with E-state index in [2.05, 4.69) is 4.98 Å². The van der Waals surface area contributed by atoms with Crippen LogP contribution in [0.25, 0.3) is 17.5 Å². The Kier molecular flexibility index (Phi) is 4.70. The number of hydrogen-bond acceptors (Lipinski definition) is 7. The van der Waals surface area contributed by atoms with Crippen molar-refractivity contribution in [1.29, 1.82) is 0 Å². The summed E-state index contributed by atoms with van der Waals surface area (Å²) in [6.45, 7) is 0. The molecule has 2 aromatic carbocycles.